The molecule has 1 heterocycles. The number of carboxylic acid groups (broad SMARTS) is 1. The lowest BCUT2D eigenvalue weighted by Crippen LogP contribution is -2.30. The van der Waals surface area contributed by atoms with Gasteiger partial charge in [-0.05, 0) is 68.8 Å². The highest BCUT2D eigenvalue weighted by Gasteiger charge is 2.24. The van der Waals surface area contributed by atoms with E-state index < -0.39 is 5.97 Å². The van der Waals surface area contributed by atoms with Gasteiger partial charge in [-0.1, -0.05) is 12.1 Å². The number of aliphatic carboxylic acids is 1. The van der Waals surface area contributed by atoms with Crippen molar-refractivity contribution in [1.82, 2.24) is 5.32 Å². The molecular formula is C17H25NO3. The van der Waals surface area contributed by atoms with Crippen molar-refractivity contribution in [2.75, 3.05) is 20.2 Å². The normalized spacial score (nSPS) is 17.4. The lowest BCUT2D eigenvalue weighted by molar-refractivity contribution is -0.142. The van der Waals surface area contributed by atoms with Crippen molar-refractivity contribution >= 4 is 5.97 Å². The number of benzene rings is 1. The lowest BCUT2D eigenvalue weighted by Gasteiger charge is -2.25. The Labute approximate surface area is 126 Å². The molecule has 0 bridgehead atoms. The summed E-state index contributed by atoms with van der Waals surface area (Å²) in [6, 6.07) is 5.94. The van der Waals surface area contributed by atoms with Crippen LogP contribution in [0.3, 0.4) is 0 Å². The van der Waals surface area contributed by atoms with Crippen LogP contribution in [0.5, 0.6) is 5.75 Å². The van der Waals surface area contributed by atoms with E-state index in [0.717, 1.165) is 49.2 Å². The van der Waals surface area contributed by atoms with E-state index in [1.165, 1.54) is 0 Å². The number of rotatable bonds is 6. The van der Waals surface area contributed by atoms with Crippen molar-refractivity contribution in [3.63, 3.8) is 0 Å². The van der Waals surface area contributed by atoms with Gasteiger partial charge >= 0.3 is 5.97 Å². The van der Waals surface area contributed by atoms with E-state index in [4.69, 9.17) is 4.74 Å². The summed E-state index contributed by atoms with van der Waals surface area (Å²) in [6.07, 6.45) is 3.56. The Hall–Kier alpha value is -1.55. The third-order valence-electron chi connectivity index (χ3n) is 4.37. The van der Waals surface area contributed by atoms with Crippen LogP contribution < -0.4 is 10.1 Å². The van der Waals surface area contributed by atoms with Crippen molar-refractivity contribution < 1.29 is 14.6 Å². The van der Waals surface area contributed by atoms with E-state index >= 15 is 0 Å². The summed E-state index contributed by atoms with van der Waals surface area (Å²) in [5.74, 6) is 0.415. The molecule has 2 N–H and O–H groups in total. The Morgan fingerprint density at radius 3 is 2.71 bits per heavy atom. The average Bonchev–Trinajstić information content (AvgIpc) is 2.48. The van der Waals surface area contributed by atoms with Crippen molar-refractivity contribution in [3.8, 4) is 5.75 Å². The van der Waals surface area contributed by atoms with Crippen LogP contribution in [0.2, 0.25) is 0 Å². The molecule has 1 fully saturated rings. The lowest BCUT2D eigenvalue weighted by atomic mass is 9.84. The summed E-state index contributed by atoms with van der Waals surface area (Å²) in [4.78, 5) is 11.5. The Morgan fingerprint density at radius 1 is 1.43 bits per heavy atom. The monoisotopic (exact) mass is 291 g/mol. The molecule has 1 aliphatic heterocycles. The average molecular weight is 291 g/mol. The molecule has 116 valence electrons. The van der Waals surface area contributed by atoms with E-state index in [1.54, 1.807) is 7.11 Å². The molecule has 0 amide bonds. The highest BCUT2D eigenvalue weighted by molar-refractivity contribution is 5.70. The minimum absolute atomic E-state index is 0.291. The van der Waals surface area contributed by atoms with Crippen LogP contribution in [0.15, 0.2) is 18.2 Å². The standard InChI is InChI=1S/C17H25NO3/c1-12-9-14(3-4-16(12)21-2)11-15(17(19)20)10-13-5-7-18-8-6-13/h3-4,9,13,15,18H,5-8,10-11H2,1-2H3,(H,19,20). The minimum atomic E-state index is -0.679. The van der Waals surface area contributed by atoms with E-state index in [-0.39, 0.29) is 5.92 Å². The second kappa shape index (κ2) is 7.46. The van der Waals surface area contributed by atoms with Gasteiger partial charge in [0.1, 0.15) is 5.75 Å². The highest BCUT2D eigenvalue weighted by Crippen LogP contribution is 2.26. The maximum absolute atomic E-state index is 11.5. The third-order valence-corrected chi connectivity index (χ3v) is 4.37. The van der Waals surface area contributed by atoms with Crippen molar-refractivity contribution in [3.05, 3.63) is 29.3 Å². The van der Waals surface area contributed by atoms with Crippen LogP contribution in [0.25, 0.3) is 0 Å². The van der Waals surface area contributed by atoms with Crippen LogP contribution in [0.1, 0.15) is 30.4 Å². The number of hydrogen-bond donors (Lipinski definition) is 2. The predicted octanol–water partition coefficient (Wildman–Crippen LogP) is 2.64. The number of aryl methyl sites for hydroxylation is 1. The smallest absolute Gasteiger partial charge is 0.306 e. The van der Waals surface area contributed by atoms with E-state index in [0.29, 0.717) is 12.3 Å². The van der Waals surface area contributed by atoms with Crippen LogP contribution in [-0.2, 0) is 11.2 Å². The van der Waals surface area contributed by atoms with Gasteiger partial charge in [0.25, 0.3) is 0 Å². The SMILES string of the molecule is COc1ccc(CC(CC2CCNCC2)C(=O)O)cc1C. The van der Waals surface area contributed by atoms with Gasteiger partial charge in [0.2, 0.25) is 0 Å². The summed E-state index contributed by atoms with van der Waals surface area (Å²) in [5, 5.41) is 12.8. The fraction of sp³-hybridized carbons (Fsp3) is 0.588. The summed E-state index contributed by atoms with van der Waals surface area (Å²) in [7, 11) is 1.65. The molecule has 0 aromatic heterocycles. The largest absolute Gasteiger partial charge is 0.496 e. The molecule has 2 rings (SSSR count). The molecule has 1 saturated heterocycles. The fourth-order valence-corrected chi connectivity index (χ4v) is 3.14. The Kier molecular flexibility index (Phi) is 5.62. The van der Waals surface area contributed by atoms with Crippen molar-refractivity contribution in [1.29, 1.82) is 0 Å². The second-order valence-electron chi connectivity index (χ2n) is 5.97. The quantitative estimate of drug-likeness (QED) is 0.846. The van der Waals surface area contributed by atoms with Crippen LogP contribution in [0, 0.1) is 18.8 Å². The predicted molar refractivity (Wildman–Crippen MR) is 82.8 cm³/mol. The molecule has 21 heavy (non-hydrogen) atoms. The summed E-state index contributed by atoms with van der Waals surface area (Å²) < 4.78 is 5.25. The molecule has 1 aromatic rings. The van der Waals surface area contributed by atoms with Gasteiger partial charge < -0.3 is 15.2 Å². The second-order valence-corrected chi connectivity index (χ2v) is 5.97. The first-order valence-corrected chi connectivity index (χ1v) is 7.67. The van der Waals surface area contributed by atoms with E-state index in [9.17, 15) is 9.90 Å². The zero-order valence-corrected chi connectivity index (χ0v) is 12.9. The zero-order chi connectivity index (χ0) is 15.2. The first-order chi connectivity index (χ1) is 10.1. The van der Waals surface area contributed by atoms with Gasteiger partial charge in [-0.15, -0.1) is 0 Å². The Morgan fingerprint density at radius 2 is 2.14 bits per heavy atom. The number of ether oxygens (including phenoxy) is 1. The molecule has 0 radical (unpaired) electrons. The third kappa shape index (κ3) is 4.46. The fourth-order valence-electron chi connectivity index (χ4n) is 3.14. The number of methoxy groups -OCH3 is 1. The van der Waals surface area contributed by atoms with Gasteiger partial charge in [0, 0.05) is 0 Å². The van der Waals surface area contributed by atoms with Gasteiger partial charge in [-0.25, -0.2) is 0 Å². The number of piperidine rings is 1. The van der Waals surface area contributed by atoms with Gasteiger partial charge in [-0.3, -0.25) is 4.79 Å². The highest BCUT2D eigenvalue weighted by atomic mass is 16.5. The maximum Gasteiger partial charge on any atom is 0.306 e. The number of hydrogen-bond acceptors (Lipinski definition) is 3. The van der Waals surface area contributed by atoms with Gasteiger partial charge in [0.05, 0.1) is 13.0 Å². The molecular weight excluding hydrogens is 266 g/mol. The molecule has 4 nitrogen and oxygen atoms in total. The molecule has 1 atom stereocenters. The summed E-state index contributed by atoms with van der Waals surface area (Å²) >= 11 is 0. The van der Waals surface area contributed by atoms with Crippen LogP contribution in [0.4, 0.5) is 0 Å². The van der Waals surface area contributed by atoms with Crippen LogP contribution >= 0.6 is 0 Å². The number of nitrogens with one attached hydrogen (secondary N) is 1. The van der Waals surface area contributed by atoms with Gasteiger partial charge in [-0.2, -0.15) is 0 Å². The van der Waals surface area contributed by atoms with Crippen LogP contribution in [-0.4, -0.2) is 31.3 Å². The van der Waals surface area contributed by atoms with E-state index in [1.807, 2.05) is 25.1 Å². The number of carbonyl (C=O) groups is 1. The molecule has 0 aliphatic carbocycles. The summed E-state index contributed by atoms with van der Waals surface area (Å²) in [5.41, 5.74) is 2.13. The molecule has 0 spiro atoms. The Balaban J connectivity index is 2.01. The molecule has 1 aromatic carbocycles. The topological polar surface area (TPSA) is 58.6 Å². The first kappa shape index (κ1) is 15.8. The number of carboxylic acids is 1. The molecule has 1 aliphatic rings. The molecule has 0 saturated carbocycles. The Bertz CT molecular complexity index is 481. The zero-order valence-electron chi connectivity index (χ0n) is 12.9. The van der Waals surface area contributed by atoms with Gasteiger partial charge in [0.15, 0.2) is 0 Å². The maximum atomic E-state index is 11.5. The minimum Gasteiger partial charge on any atom is -0.496 e. The molecule has 4 heteroatoms. The van der Waals surface area contributed by atoms with E-state index in [2.05, 4.69) is 5.32 Å². The van der Waals surface area contributed by atoms with Crippen molar-refractivity contribution in [2.45, 2.75) is 32.6 Å². The molecule has 1 unspecified atom stereocenters. The summed E-state index contributed by atoms with van der Waals surface area (Å²) in [6.45, 7) is 4.02. The van der Waals surface area contributed by atoms with Crippen molar-refractivity contribution in [2.24, 2.45) is 11.8 Å². The first-order valence-electron chi connectivity index (χ1n) is 7.67.